The molecule has 28 heavy (non-hydrogen) atoms. The van der Waals surface area contributed by atoms with Gasteiger partial charge in [0.05, 0.1) is 10.7 Å². The number of likely N-dealkylation sites (N-methyl/N-ethyl adjacent to an activating group) is 1. The molecule has 0 spiro atoms. The second-order valence-electron chi connectivity index (χ2n) is 7.41. The summed E-state index contributed by atoms with van der Waals surface area (Å²) < 4.78 is 41.9. The van der Waals surface area contributed by atoms with Gasteiger partial charge in [-0.05, 0) is 51.4 Å². The van der Waals surface area contributed by atoms with Crippen molar-refractivity contribution in [3.05, 3.63) is 34.5 Å². The molecule has 10 heteroatoms. The van der Waals surface area contributed by atoms with Gasteiger partial charge in [0.25, 0.3) is 10.0 Å². The van der Waals surface area contributed by atoms with Crippen molar-refractivity contribution < 1.29 is 12.8 Å². The first-order chi connectivity index (χ1) is 13.2. The second kappa shape index (κ2) is 8.52. The lowest BCUT2D eigenvalue weighted by atomic mass is 9.82. The van der Waals surface area contributed by atoms with E-state index in [0.29, 0.717) is 17.6 Å². The van der Waals surface area contributed by atoms with Gasteiger partial charge < -0.3 is 10.2 Å². The van der Waals surface area contributed by atoms with Crippen LogP contribution in [0.25, 0.3) is 0 Å². The van der Waals surface area contributed by atoms with Crippen LogP contribution in [0.1, 0.15) is 26.2 Å². The van der Waals surface area contributed by atoms with Gasteiger partial charge in [-0.1, -0.05) is 18.5 Å². The van der Waals surface area contributed by atoms with Crippen molar-refractivity contribution in [2.75, 3.05) is 24.1 Å². The lowest BCUT2D eigenvalue weighted by Crippen LogP contribution is -2.47. The zero-order valence-electron chi connectivity index (χ0n) is 15.9. The summed E-state index contributed by atoms with van der Waals surface area (Å²) >= 11 is 7.43. The Morgan fingerprint density at radius 3 is 2.71 bits per heavy atom. The number of hydrogen-bond donors (Lipinski definition) is 2. The maximum atomic E-state index is 14.7. The van der Waals surface area contributed by atoms with Crippen LogP contribution in [0.3, 0.4) is 0 Å². The Balaban J connectivity index is 1.85. The Morgan fingerprint density at radius 2 is 2.07 bits per heavy atom. The summed E-state index contributed by atoms with van der Waals surface area (Å²) in [5, 5.41) is 5.30. The normalized spacial score (nSPS) is 23.0. The summed E-state index contributed by atoms with van der Waals surface area (Å²) in [4.78, 5) is 5.52. The van der Waals surface area contributed by atoms with Gasteiger partial charge in [-0.2, -0.15) is 0 Å². The molecule has 1 aliphatic rings. The molecule has 1 saturated carbocycles. The van der Waals surface area contributed by atoms with Crippen LogP contribution in [-0.4, -0.2) is 44.5 Å². The van der Waals surface area contributed by atoms with Gasteiger partial charge in [0, 0.05) is 23.7 Å². The van der Waals surface area contributed by atoms with Crippen LogP contribution in [0, 0.1) is 11.7 Å². The fourth-order valence-corrected chi connectivity index (χ4v) is 5.78. The van der Waals surface area contributed by atoms with Gasteiger partial charge in [0.15, 0.2) is 5.13 Å². The molecule has 0 radical (unpaired) electrons. The van der Waals surface area contributed by atoms with E-state index in [1.807, 2.05) is 14.1 Å². The first-order valence-corrected chi connectivity index (χ1v) is 11.8. The number of thiazole rings is 1. The van der Waals surface area contributed by atoms with Crippen molar-refractivity contribution in [3.8, 4) is 0 Å². The van der Waals surface area contributed by atoms with E-state index in [1.54, 1.807) is 5.38 Å². The van der Waals surface area contributed by atoms with Gasteiger partial charge in [0.2, 0.25) is 0 Å². The summed E-state index contributed by atoms with van der Waals surface area (Å²) in [7, 11) is -0.0662. The highest BCUT2D eigenvalue weighted by Gasteiger charge is 2.31. The molecule has 0 bridgehead atoms. The number of benzene rings is 1. The zero-order chi connectivity index (χ0) is 20.5. The van der Waals surface area contributed by atoms with Gasteiger partial charge in [-0.25, -0.2) is 17.8 Å². The first-order valence-electron chi connectivity index (χ1n) is 9.01. The first kappa shape index (κ1) is 21.3. The molecule has 2 N–H and O–H groups in total. The average Bonchev–Trinajstić information content (AvgIpc) is 3.09. The third-order valence-electron chi connectivity index (χ3n) is 5.05. The number of nitrogens with one attached hydrogen (secondary N) is 2. The Hall–Kier alpha value is -1.42. The van der Waals surface area contributed by atoms with E-state index in [-0.39, 0.29) is 16.2 Å². The number of anilines is 2. The molecule has 1 fully saturated rings. The largest absolute Gasteiger partial charge is 0.379 e. The molecule has 0 amide bonds. The standard InChI is InChI=1S/C18H24ClFN4O2S2/c1-11-4-5-16(24(2)3)15(8-11)22-14-10-13(20)17(9-12(14)19)28(25,26)23-18-21-6-7-27-18/h6-7,9-11,15-16,22H,4-5,8H2,1-3H3,(H,21,23)/t11-,15+,16+/m0/s1. The molecule has 2 aromatic rings. The monoisotopic (exact) mass is 446 g/mol. The minimum Gasteiger partial charge on any atom is -0.379 e. The number of halogens is 2. The topological polar surface area (TPSA) is 74.3 Å². The number of rotatable bonds is 6. The lowest BCUT2D eigenvalue weighted by Gasteiger charge is -2.39. The molecule has 154 valence electrons. The third kappa shape index (κ3) is 4.76. The molecule has 3 rings (SSSR count). The maximum Gasteiger partial charge on any atom is 0.266 e. The van der Waals surface area contributed by atoms with Gasteiger partial charge in [-0.15, -0.1) is 11.3 Å². The maximum absolute atomic E-state index is 14.7. The van der Waals surface area contributed by atoms with Crippen molar-refractivity contribution in [3.63, 3.8) is 0 Å². The Bertz CT molecular complexity index is 922. The van der Waals surface area contributed by atoms with Crippen LogP contribution in [0.5, 0.6) is 0 Å². The fourth-order valence-electron chi connectivity index (χ4n) is 3.63. The van der Waals surface area contributed by atoms with E-state index in [0.717, 1.165) is 42.7 Å². The third-order valence-corrected chi connectivity index (χ3v) is 7.53. The van der Waals surface area contributed by atoms with Crippen LogP contribution >= 0.6 is 22.9 Å². The summed E-state index contributed by atoms with van der Waals surface area (Å²) in [5.74, 6) is -0.305. The summed E-state index contributed by atoms with van der Waals surface area (Å²) in [6, 6.07) is 2.70. The molecule has 6 nitrogen and oxygen atoms in total. The molecular weight excluding hydrogens is 423 g/mol. The Kier molecular flexibility index (Phi) is 6.48. The lowest BCUT2D eigenvalue weighted by molar-refractivity contribution is 0.183. The molecule has 1 aromatic heterocycles. The Morgan fingerprint density at radius 1 is 1.32 bits per heavy atom. The van der Waals surface area contributed by atoms with Crippen molar-refractivity contribution in [1.29, 1.82) is 0 Å². The fraction of sp³-hybridized carbons (Fsp3) is 0.500. The van der Waals surface area contributed by atoms with Crippen LogP contribution in [0.15, 0.2) is 28.6 Å². The smallest absolute Gasteiger partial charge is 0.266 e. The number of hydrogen-bond acceptors (Lipinski definition) is 6. The summed E-state index contributed by atoms with van der Waals surface area (Å²) in [6.07, 6.45) is 4.58. The van der Waals surface area contributed by atoms with Crippen LogP contribution in [-0.2, 0) is 10.0 Å². The predicted molar refractivity (Wildman–Crippen MR) is 112 cm³/mol. The molecule has 1 aliphatic carbocycles. The minimum atomic E-state index is -4.12. The van der Waals surface area contributed by atoms with E-state index in [2.05, 4.69) is 26.8 Å². The minimum absolute atomic E-state index is 0.103. The summed E-state index contributed by atoms with van der Waals surface area (Å²) in [6.45, 7) is 2.20. The van der Waals surface area contributed by atoms with Crippen LogP contribution < -0.4 is 10.0 Å². The number of nitrogens with zero attached hydrogens (tertiary/aromatic N) is 2. The Labute approximate surface area is 174 Å². The van der Waals surface area contributed by atoms with Crippen LogP contribution in [0.4, 0.5) is 15.2 Å². The van der Waals surface area contributed by atoms with E-state index in [4.69, 9.17) is 11.6 Å². The van der Waals surface area contributed by atoms with Gasteiger partial charge >= 0.3 is 0 Å². The predicted octanol–water partition coefficient (Wildman–Crippen LogP) is 4.27. The highest BCUT2D eigenvalue weighted by Crippen LogP contribution is 2.34. The van der Waals surface area contributed by atoms with Crippen molar-refractivity contribution >= 4 is 43.8 Å². The summed E-state index contributed by atoms with van der Waals surface area (Å²) in [5.41, 5.74) is 0.401. The molecular formula is C18H24ClFN4O2S2. The molecule has 3 atom stereocenters. The van der Waals surface area contributed by atoms with Gasteiger partial charge in [0.1, 0.15) is 10.7 Å². The van der Waals surface area contributed by atoms with Crippen molar-refractivity contribution in [2.24, 2.45) is 5.92 Å². The zero-order valence-corrected chi connectivity index (χ0v) is 18.3. The van der Waals surface area contributed by atoms with E-state index in [9.17, 15) is 12.8 Å². The molecule has 0 unspecified atom stereocenters. The number of aromatic nitrogens is 1. The van der Waals surface area contributed by atoms with Crippen molar-refractivity contribution in [1.82, 2.24) is 9.88 Å². The number of sulfonamides is 1. The van der Waals surface area contributed by atoms with Gasteiger partial charge in [-0.3, -0.25) is 4.72 Å². The molecule has 1 heterocycles. The molecule has 0 aliphatic heterocycles. The highest BCUT2D eigenvalue weighted by molar-refractivity contribution is 7.93. The highest BCUT2D eigenvalue weighted by atomic mass is 35.5. The van der Waals surface area contributed by atoms with E-state index in [1.165, 1.54) is 6.20 Å². The van der Waals surface area contributed by atoms with Crippen LogP contribution in [0.2, 0.25) is 5.02 Å². The average molecular weight is 447 g/mol. The molecule has 0 saturated heterocycles. The SMILES string of the molecule is C[C@H]1CC[C@@H](N(C)C)[C@H](Nc2cc(F)c(S(=O)(=O)Nc3nccs3)cc2Cl)C1. The van der Waals surface area contributed by atoms with E-state index < -0.39 is 20.7 Å². The van der Waals surface area contributed by atoms with Crippen molar-refractivity contribution in [2.45, 2.75) is 43.2 Å². The molecule has 1 aromatic carbocycles. The quantitative estimate of drug-likeness (QED) is 0.693. The van der Waals surface area contributed by atoms with E-state index >= 15 is 0 Å². The second-order valence-corrected chi connectivity index (χ2v) is 10.4.